The Bertz CT molecular complexity index is 1070. The summed E-state index contributed by atoms with van der Waals surface area (Å²) in [5.41, 5.74) is 15.7. The highest BCUT2D eigenvalue weighted by Gasteiger charge is 2.25. The Labute approximate surface area is 150 Å². The smallest absolute Gasteiger partial charge is 0.253 e. The van der Waals surface area contributed by atoms with Gasteiger partial charge in [0, 0.05) is 28.3 Å². The van der Waals surface area contributed by atoms with Gasteiger partial charge in [0.15, 0.2) is 0 Å². The topological polar surface area (TPSA) is 96.2 Å². The minimum Gasteiger partial charge on any atom is -0.496 e. The normalized spacial score (nSPS) is 11.2. The second-order valence-electron chi connectivity index (χ2n) is 6.38. The summed E-state index contributed by atoms with van der Waals surface area (Å²) in [5.74, 6) is -0.583. The Morgan fingerprint density at radius 3 is 2.42 bits per heavy atom. The van der Waals surface area contributed by atoms with Crippen molar-refractivity contribution in [3.63, 3.8) is 0 Å². The molecule has 0 radical (unpaired) electrons. The summed E-state index contributed by atoms with van der Waals surface area (Å²) in [6.45, 7) is 7.20. The Balaban J connectivity index is 2.56. The molecule has 0 bridgehead atoms. The van der Waals surface area contributed by atoms with Crippen LogP contribution in [0.2, 0.25) is 0 Å². The van der Waals surface area contributed by atoms with Crippen molar-refractivity contribution in [3.8, 4) is 11.4 Å². The number of aryl methyl sites for hydroxylation is 2. The van der Waals surface area contributed by atoms with Crippen molar-refractivity contribution in [2.24, 2.45) is 5.73 Å². The standard InChI is InChI=1S/C19H21FN4O2/c1-8-6-12-15(18(22)25)17(21)24(19(12)23-11(8)4)16-9(2)13(20)7-14(26-5)10(16)3/h6-7H,21H2,1-5H3,(H2,22,25). The Kier molecular flexibility index (Phi) is 4.10. The maximum absolute atomic E-state index is 14.5. The van der Waals surface area contributed by atoms with Gasteiger partial charge < -0.3 is 16.2 Å². The first-order valence-electron chi connectivity index (χ1n) is 8.11. The predicted octanol–water partition coefficient (Wildman–Crippen LogP) is 3.09. The molecule has 0 unspecified atom stereocenters. The van der Waals surface area contributed by atoms with Gasteiger partial charge in [0.2, 0.25) is 0 Å². The van der Waals surface area contributed by atoms with Crippen LogP contribution in [0.15, 0.2) is 12.1 Å². The van der Waals surface area contributed by atoms with E-state index in [0.717, 1.165) is 11.3 Å². The molecule has 3 aromatic rings. The highest BCUT2D eigenvalue weighted by Crippen LogP contribution is 2.37. The van der Waals surface area contributed by atoms with Crippen LogP contribution in [0.5, 0.6) is 5.75 Å². The summed E-state index contributed by atoms with van der Waals surface area (Å²) in [5, 5.41) is 0.542. The van der Waals surface area contributed by atoms with E-state index in [0.29, 0.717) is 33.6 Å². The number of anilines is 1. The van der Waals surface area contributed by atoms with Crippen molar-refractivity contribution < 1.29 is 13.9 Å². The van der Waals surface area contributed by atoms with Crippen LogP contribution < -0.4 is 16.2 Å². The zero-order chi connectivity index (χ0) is 19.3. The molecule has 0 aliphatic carbocycles. The quantitative estimate of drug-likeness (QED) is 0.754. The zero-order valence-corrected chi connectivity index (χ0v) is 15.4. The minimum absolute atomic E-state index is 0.129. The first kappa shape index (κ1) is 17.7. The van der Waals surface area contributed by atoms with E-state index in [4.69, 9.17) is 16.2 Å². The van der Waals surface area contributed by atoms with Crippen LogP contribution in [-0.4, -0.2) is 22.6 Å². The summed E-state index contributed by atoms with van der Waals surface area (Å²) in [6, 6.07) is 3.15. The van der Waals surface area contributed by atoms with Gasteiger partial charge in [0.25, 0.3) is 5.91 Å². The number of aromatic nitrogens is 2. The van der Waals surface area contributed by atoms with Crippen molar-refractivity contribution in [2.45, 2.75) is 27.7 Å². The molecule has 4 N–H and O–H groups in total. The van der Waals surface area contributed by atoms with Gasteiger partial charge in [-0.1, -0.05) is 0 Å². The van der Waals surface area contributed by atoms with E-state index in [1.165, 1.54) is 13.2 Å². The molecule has 136 valence electrons. The van der Waals surface area contributed by atoms with Crippen molar-refractivity contribution in [1.29, 1.82) is 0 Å². The molecule has 0 spiro atoms. The summed E-state index contributed by atoms with van der Waals surface area (Å²) in [4.78, 5) is 16.6. The number of nitrogen functional groups attached to an aromatic ring is 1. The van der Waals surface area contributed by atoms with Gasteiger partial charge in [0.05, 0.1) is 18.4 Å². The van der Waals surface area contributed by atoms with Gasteiger partial charge in [-0.25, -0.2) is 9.37 Å². The Hall–Kier alpha value is -3.09. The second kappa shape index (κ2) is 6.01. The molecular weight excluding hydrogens is 335 g/mol. The number of benzene rings is 1. The number of carbonyl (C=O) groups is 1. The number of rotatable bonds is 3. The van der Waals surface area contributed by atoms with E-state index < -0.39 is 11.7 Å². The third-order valence-corrected chi connectivity index (χ3v) is 4.81. The number of primary amides is 1. The van der Waals surface area contributed by atoms with Crippen molar-refractivity contribution >= 4 is 22.8 Å². The SMILES string of the molecule is COc1cc(F)c(C)c(-n2c(N)c(C(N)=O)c3cc(C)c(C)nc32)c1C. The largest absolute Gasteiger partial charge is 0.496 e. The molecule has 0 saturated heterocycles. The second-order valence-corrected chi connectivity index (χ2v) is 6.38. The molecular formula is C19H21FN4O2. The number of ether oxygens (including phenoxy) is 1. The number of hydrogen-bond donors (Lipinski definition) is 2. The fourth-order valence-corrected chi connectivity index (χ4v) is 3.29. The molecule has 7 heteroatoms. The minimum atomic E-state index is -0.657. The van der Waals surface area contributed by atoms with E-state index in [9.17, 15) is 9.18 Å². The molecule has 2 aromatic heterocycles. The molecule has 0 atom stereocenters. The lowest BCUT2D eigenvalue weighted by molar-refractivity contribution is 0.100. The molecule has 3 rings (SSSR count). The van der Waals surface area contributed by atoms with Crippen LogP contribution in [-0.2, 0) is 0 Å². The average Bonchev–Trinajstić information content (AvgIpc) is 2.84. The Morgan fingerprint density at radius 1 is 1.19 bits per heavy atom. The number of amides is 1. The molecule has 6 nitrogen and oxygen atoms in total. The van der Waals surface area contributed by atoms with E-state index in [-0.39, 0.29) is 11.4 Å². The van der Waals surface area contributed by atoms with Crippen LogP contribution in [0.25, 0.3) is 16.7 Å². The number of hydrogen-bond acceptors (Lipinski definition) is 4. The van der Waals surface area contributed by atoms with Gasteiger partial charge in [-0.3, -0.25) is 9.36 Å². The summed E-state index contributed by atoms with van der Waals surface area (Å²) in [7, 11) is 1.47. The molecule has 1 amide bonds. The van der Waals surface area contributed by atoms with Gasteiger partial charge in [-0.2, -0.15) is 0 Å². The molecule has 0 aliphatic heterocycles. The number of fused-ring (bicyclic) bond motifs is 1. The summed E-state index contributed by atoms with van der Waals surface area (Å²) < 4.78 is 21.4. The van der Waals surface area contributed by atoms with Gasteiger partial charge >= 0.3 is 0 Å². The van der Waals surface area contributed by atoms with E-state index in [2.05, 4.69) is 4.98 Å². The molecule has 1 aromatic carbocycles. The molecule has 0 fully saturated rings. The fraction of sp³-hybridized carbons (Fsp3) is 0.263. The van der Waals surface area contributed by atoms with E-state index in [1.54, 1.807) is 18.4 Å². The number of methoxy groups -OCH3 is 1. The van der Waals surface area contributed by atoms with Crippen LogP contribution in [0.1, 0.15) is 32.7 Å². The number of carbonyl (C=O) groups excluding carboxylic acids is 1. The van der Waals surface area contributed by atoms with Crippen LogP contribution in [0, 0.1) is 33.5 Å². The highest BCUT2D eigenvalue weighted by molar-refractivity contribution is 6.11. The van der Waals surface area contributed by atoms with Crippen LogP contribution >= 0.6 is 0 Å². The molecule has 26 heavy (non-hydrogen) atoms. The molecule has 0 aliphatic rings. The Morgan fingerprint density at radius 2 is 1.85 bits per heavy atom. The van der Waals surface area contributed by atoms with Crippen molar-refractivity contribution in [2.75, 3.05) is 12.8 Å². The summed E-state index contributed by atoms with van der Waals surface area (Å²) in [6.07, 6.45) is 0. The van der Waals surface area contributed by atoms with Crippen molar-refractivity contribution in [1.82, 2.24) is 9.55 Å². The third-order valence-electron chi connectivity index (χ3n) is 4.81. The number of nitrogens with zero attached hydrogens (tertiary/aromatic N) is 2. The predicted molar refractivity (Wildman–Crippen MR) is 99.5 cm³/mol. The van der Waals surface area contributed by atoms with Crippen molar-refractivity contribution in [3.05, 3.63) is 45.9 Å². The first-order valence-corrected chi connectivity index (χ1v) is 8.11. The number of nitrogens with two attached hydrogens (primary N) is 2. The zero-order valence-electron chi connectivity index (χ0n) is 15.4. The van der Waals surface area contributed by atoms with Gasteiger partial charge in [0.1, 0.15) is 23.0 Å². The maximum atomic E-state index is 14.5. The lowest BCUT2D eigenvalue weighted by atomic mass is 10.1. The molecule has 2 heterocycles. The lowest BCUT2D eigenvalue weighted by Gasteiger charge is -2.17. The maximum Gasteiger partial charge on any atom is 0.253 e. The van der Waals surface area contributed by atoms with E-state index >= 15 is 0 Å². The number of pyridine rings is 1. The lowest BCUT2D eigenvalue weighted by Crippen LogP contribution is -2.14. The summed E-state index contributed by atoms with van der Waals surface area (Å²) >= 11 is 0. The van der Waals surface area contributed by atoms with Crippen LogP contribution in [0.3, 0.4) is 0 Å². The number of halogens is 1. The monoisotopic (exact) mass is 356 g/mol. The average molecular weight is 356 g/mol. The van der Waals surface area contributed by atoms with Gasteiger partial charge in [-0.15, -0.1) is 0 Å². The van der Waals surface area contributed by atoms with Gasteiger partial charge in [-0.05, 0) is 39.3 Å². The molecule has 0 saturated carbocycles. The fourth-order valence-electron chi connectivity index (χ4n) is 3.29. The van der Waals surface area contributed by atoms with E-state index in [1.807, 2.05) is 19.9 Å². The first-order chi connectivity index (χ1) is 12.2. The van der Waals surface area contributed by atoms with Crippen LogP contribution in [0.4, 0.5) is 10.2 Å². The highest BCUT2D eigenvalue weighted by atomic mass is 19.1. The third kappa shape index (κ3) is 2.39.